The number of hydrogen-bond donors (Lipinski definition) is 2. The number of nitrogens with zero attached hydrogens (tertiary/aromatic N) is 1. The van der Waals surface area contributed by atoms with Crippen LogP contribution >= 0.6 is 11.3 Å². The number of morpholine rings is 1. The summed E-state index contributed by atoms with van der Waals surface area (Å²) >= 11 is 1.49. The molecule has 150 valence electrons. The van der Waals surface area contributed by atoms with Crippen LogP contribution in [0.3, 0.4) is 0 Å². The van der Waals surface area contributed by atoms with Crippen molar-refractivity contribution in [2.75, 3.05) is 26.3 Å². The van der Waals surface area contributed by atoms with Crippen molar-refractivity contribution < 1.29 is 22.7 Å². The number of hydrogen-bond acceptors (Lipinski definition) is 6. The number of sulfonamides is 1. The molecule has 0 radical (unpaired) electrons. The lowest BCUT2D eigenvalue weighted by molar-refractivity contribution is -0.139. The van der Waals surface area contributed by atoms with Crippen LogP contribution in [0.25, 0.3) is 0 Å². The summed E-state index contributed by atoms with van der Waals surface area (Å²) in [6.45, 7) is 1.71. The Morgan fingerprint density at radius 2 is 1.75 bits per heavy atom. The Morgan fingerprint density at radius 1 is 1.04 bits per heavy atom. The number of nitrogens with one attached hydrogen (secondary N) is 2. The number of rotatable bonds is 6. The van der Waals surface area contributed by atoms with E-state index in [0.717, 1.165) is 4.88 Å². The maximum atomic E-state index is 12.7. The number of ether oxygens (including phenoxy) is 1. The molecule has 1 aliphatic rings. The second-order valence-corrected chi connectivity index (χ2v) is 9.08. The highest BCUT2D eigenvalue weighted by Crippen LogP contribution is 2.18. The average Bonchev–Trinajstić information content (AvgIpc) is 3.24. The van der Waals surface area contributed by atoms with Crippen molar-refractivity contribution in [1.29, 1.82) is 0 Å². The van der Waals surface area contributed by atoms with Crippen LogP contribution in [0.5, 0.6) is 0 Å². The van der Waals surface area contributed by atoms with Gasteiger partial charge in [0.2, 0.25) is 10.0 Å². The van der Waals surface area contributed by atoms with Crippen molar-refractivity contribution in [2.24, 2.45) is 0 Å². The molecule has 2 N–H and O–H groups in total. The van der Waals surface area contributed by atoms with Crippen molar-refractivity contribution in [3.63, 3.8) is 0 Å². The summed E-state index contributed by atoms with van der Waals surface area (Å²) in [4.78, 5) is 24.9. The van der Waals surface area contributed by atoms with Gasteiger partial charge in [-0.2, -0.15) is 4.31 Å². The first-order chi connectivity index (χ1) is 13.5. The van der Waals surface area contributed by atoms with E-state index in [1.807, 2.05) is 17.5 Å². The molecule has 1 fully saturated rings. The van der Waals surface area contributed by atoms with E-state index in [4.69, 9.17) is 4.74 Å². The monoisotopic (exact) mass is 423 g/mol. The van der Waals surface area contributed by atoms with Crippen LogP contribution in [-0.2, 0) is 37.4 Å². The summed E-state index contributed by atoms with van der Waals surface area (Å²) in [5.41, 5.74) is 0.591. The van der Waals surface area contributed by atoms with Gasteiger partial charge in [0, 0.05) is 24.5 Å². The zero-order valence-corrected chi connectivity index (χ0v) is 16.7. The zero-order chi connectivity index (χ0) is 20.0. The lowest BCUT2D eigenvalue weighted by atomic mass is 10.2. The van der Waals surface area contributed by atoms with Gasteiger partial charge in [0.05, 0.1) is 24.7 Å². The summed E-state index contributed by atoms with van der Waals surface area (Å²) in [6.07, 6.45) is 0. The minimum absolute atomic E-state index is 0.0533. The van der Waals surface area contributed by atoms with Gasteiger partial charge in [0.25, 0.3) is 0 Å². The molecule has 2 aromatic rings. The number of benzene rings is 1. The molecule has 1 aromatic heterocycles. The summed E-state index contributed by atoms with van der Waals surface area (Å²) in [5, 5.41) is 6.94. The number of thiophene rings is 1. The predicted octanol–water partition coefficient (Wildman–Crippen LogP) is 0.702. The van der Waals surface area contributed by atoms with E-state index in [9.17, 15) is 18.0 Å². The summed E-state index contributed by atoms with van der Waals surface area (Å²) in [7, 11) is -3.61. The van der Waals surface area contributed by atoms with Crippen LogP contribution in [0.15, 0.2) is 46.7 Å². The second-order valence-electron chi connectivity index (χ2n) is 6.11. The predicted molar refractivity (Wildman–Crippen MR) is 104 cm³/mol. The van der Waals surface area contributed by atoms with Gasteiger partial charge in [-0.25, -0.2) is 8.42 Å². The van der Waals surface area contributed by atoms with Gasteiger partial charge in [-0.05, 0) is 29.1 Å². The molecule has 1 aromatic carbocycles. The minimum Gasteiger partial charge on any atom is -0.379 e. The maximum Gasteiger partial charge on any atom is 0.309 e. The normalized spacial score (nSPS) is 15.1. The molecule has 0 saturated carbocycles. The largest absolute Gasteiger partial charge is 0.379 e. The number of amides is 2. The maximum absolute atomic E-state index is 12.7. The van der Waals surface area contributed by atoms with Crippen LogP contribution < -0.4 is 10.6 Å². The fourth-order valence-corrected chi connectivity index (χ4v) is 4.80. The fourth-order valence-electron chi connectivity index (χ4n) is 2.68. The van der Waals surface area contributed by atoms with E-state index in [1.54, 1.807) is 12.1 Å². The van der Waals surface area contributed by atoms with E-state index in [-0.39, 0.29) is 18.0 Å². The second kappa shape index (κ2) is 9.28. The molecule has 8 nitrogen and oxygen atoms in total. The van der Waals surface area contributed by atoms with E-state index in [2.05, 4.69) is 10.6 Å². The van der Waals surface area contributed by atoms with Gasteiger partial charge < -0.3 is 15.4 Å². The molecule has 1 saturated heterocycles. The molecule has 2 amide bonds. The Morgan fingerprint density at radius 3 is 2.43 bits per heavy atom. The number of carbonyl (C=O) groups is 2. The molecule has 0 atom stereocenters. The highest BCUT2D eigenvalue weighted by molar-refractivity contribution is 7.89. The van der Waals surface area contributed by atoms with E-state index >= 15 is 0 Å². The van der Waals surface area contributed by atoms with Gasteiger partial charge in [0.15, 0.2) is 0 Å². The summed E-state index contributed by atoms with van der Waals surface area (Å²) in [5.74, 6) is -1.50. The first-order valence-electron chi connectivity index (χ1n) is 8.72. The molecular formula is C18H21N3O5S2. The SMILES string of the molecule is O=C(NCc1cccc(S(=O)(=O)N2CCOCC2)c1)C(=O)NCc1cccs1. The quantitative estimate of drug-likeness (QED) is 0.666. The Hall–Kier alpha value is -2.27. The molecule has 0 spiro atoms. The summed E-state index contributed by atoms with van der Waals surface area (Å²) < 4.78 is 32.0. The van der Waals surface area contributed by atoms with E-state index < -0.39 is 21.8 Å². The first kappa shape index (κ1) is 20.5. The van der Waals surface area contributed by atoms with Gasteiger partial charge in [-0.15, -0.1) is 11.3 Å². The topological polar surface area (TPSA) is 105 Å². The molecule has 10 heteroatoms. The van der Waals surface area contributed by atoms with Crippen LogP contribution in [0.1, 0.15) is 10.4 Å². The van der Waals surface area contributed by atoms with Crippen molar-refractivity contribution >= 4 is 33.2 Å². The molecule has 0 unspecified atom stereocenters. The average molecular weight is 424 g/mol. The molecule has 0 bridgehead atoms. The first-order valence-corrected chi connectivity index (χ1v) is 11.0. The Balaban J connectivity index is 1.56. The molecule has 0 aliphatic carbocycles. The van der Waals surface area contributed by atoms with Crippen molar-refractivity contribution in [1.82, 2.24) is 14.9 Å². The smallest absolute Gasteiger partial charge is 0.309 e. The highest BCUT2D eigenvalue weighted by Gasteiger charge is 2.26. The van der Waals surface area contributed by atoms with Crippen LogP contribution in [0.4, 0.5) is 0 Å². The third-order valence-electron chi connectivity index (χ3n) is 4.17. The molecule has 3 rings (SSSR count). The van der Waals surface area contributed by atoms with Crippen LogP contribution in [0.2, 0.25) is 0 Å². The molecule has 28 heavy (non-hydrogen) atoms. The third-order valence-corrected chi connectivity index (χ3v) is 6.94. The lowest BCUT2D eigenvalue weighted by Gasteiger charge is -2.26. The van der Waals surface area contributed by atoms with Crippen molar-refractivity contribution in [3.05, 3.63) is 52.2 Å². The lowest BCUT2D eigenvalue weighted by Crippen LogP contribution is -2.40. The molecule has 1 aliphatic heterocycles. The van der Waals surface area contributed by atoms with Crippen LogP contribution in [-0.4, -0.2) is 50.8 Å². The standard InChI is InChI=1S/C18H21N3O5S2/c22-17(18(23)20-13-15-4-2-10-27-15)19-12-14-3-1-5-16(11-14)28(24,25)21-6-8-26-9-7-21/h1-5,10-11H,6-9,12-13H2,(H,19,22)(H,20,23). The molecule has 2 heterocycles. The van der Waals surface area contributed by atoms with E-state index in [0.29, 0.717) is 31.9 Å². The Kier molecular flexibility index (Phi) is 6.79. The van der Waals surface area contributed by atoms with Crippen molar-refractivity contribution in [3.8, 4) is 0 Å². The van der Waals surface area contributed by atoms with Gasteiger partial charge in [-0.3, -0.25) is 9.59 Å². The summed E-state index contributed by atoms with van der Waals surface area (Å²) in [6, 6.07) is 10.1. The zero-order valence-electron chi connectivity index (χ0n) is 15.1. The molecular weight excluding hydrogens is 402 g/mol. The van der Waals surface area contributed by atoms with Crippen LogP contribution in [0, 0.1) is 0 Å². The van der Waals surface area contributed by atoms with E-state index in [1.165, 1.54) is 27.8 Å². The highest BCUT2D eigenvalue weighted by atomic mass is 32.2. The Bertz CT molecular complexity index is 922. The van der Waals surface area contributed by atoms with Gasteiger partial charge in [-0.1, -0.05) is 18.2 Å². The Labute approximate surface area is 167 Å². The third kappa shape index (κ3) is 5.16. The fraction of sp³-hybridized carbons (Fsp3) is 0.333. The van der Waals surface area contributed by atoms with Crippen molar-refractivity contribution in [2.45, 2.75) is 18.0 Å². The van der Waals surface area contributed by atoms with Gasteiger partial charge >= 0.3 is 11.8 Å². The minimum atomic E-state index is -3.61. The number of carbonyl (C=O) groups excluding carboxylic acids is 2. The van der Waals surface area contributed by atoms with Gasteiger partial charge in [0.1, 0.15) is 0 Å².